The number of rotatable bonds is 2. The van der Waals surface area contributed by atoms with Crippen LogP contribution in [0.3, 0.4) is 0 Å². The monoisotopic (exact) mass is 207 g/mol. The molecule has 82 valence electrons. The van der Waals surface area contributed by atoms with Gasteiger partial charge in [-0.15, -0.1) is 0 Å². The summed E-state index contributed by atoms with van der Waals surface area (Å²) in [4.78, 5) is 16.0. The highest BCUT2D eigenvalue weighted by molar-refractivity contribution is 5.92. The van der Waals surface area contributed by atoms with Gasteiger partial charge in [-0.25, -0.2) is 4.79 Å². The third-order valence-corrected chi connectivity index (χ3v) is 2.33. The molecule has 0 radical (unpaired) electrons. The summed E-state index contributed by atoms with van der Waals surface area (Å²) in [6.45, 7) is 9.36. The van der Waals surface area contributed by atoms with Crippen molar-refractivity contribution in [1.82, 2.24) is 4.98 Å². The van der Waals surface area contributed by atoms with Gasteiger partial charge in [0.25, 0.3) is 0 Å². The van der Waals surface area contributed by atoms with E-state index in [-0.39, 0.29) is 12.1 Å². The molecule has 0 aliphatic rings. The summed E-state index contributed by atoms with van der Waals surface area (Å²) in [5, 5.41) is 0. The predicted molar refractivity (Wildman–Crippen MR) is 59.0 cm³/mol. The molecule has 0 amide bonds. The maximum atomic E-state index is 11.8. The molecule has 15 heavy (non-hydrogen) atoms. The number of aromatic nitrogens is 1. The Bertz CT molecular complexity index is 383. The molecule has 0 atom stereocenters. The van der Waals surface area contributed by atoms with Gasteiger partial charge in [0.05, 0.1) is 17.4 Å². The average Bonchev–Trinajstić information content (AvgIpc) is 2.11. The summed E-state index contributed by atoms with van der Waals surface area (Å²) in [5.41, 5.74) is 3.29. The van der Waals surface area contributed by atoms with Gasteiger partial charge in [-0.3, -0.25) is 4.98 Å². The number of pyridine rings is 1. The second kappa shape index (κ2) is 4.43. The molecule has 0 fully saturated rings. The smallest absolute Gasteiger partial charge is 0.340 e. The van der Waals surface area contributed by atoms with Gasteiger partial charge in [-0.05, 0) is 45.7 Å². The molecular formula is C12H17NO2. The van der Waals surface area contributed by atoms with Gasteiger partial charge < -0.3 is 4.74 Å². The molecule has 0 N–H and O–H groups in total. The fourth-order valence-corrected chi connectivity index (χ4v) is 1.40. The first-order valence-electron chi connectivity index (χ1n) is 5.07. The van der Waals surface area contributed by atoms with Crippen LogP contribution in [0.1, 0.15) is 41.0 Å². The highest BCUT2D eigenvalue weighted by Gasteiger charge is 2.16. The average molecular weight is 207 g/mol. The third kappa shape index (κ3) is 2.55. The first kappa shape index (κ1) is 11.7. The molecule has 0 unspecified atom stereocenters. The molecule has 0 aromatic carbocycles. The van der Waals surface area contributed by atoms with Crippen LogP contribution in [0.25, 0.3) is 0 Å². The largest absolute Gasteiger partial charge is 0.459 e. The molecule has 0 spiro atoms. The van der Waals surface area contributed by atoms with Crippen molar-refractivity contribution in [2.75, 3.05) is 0 Å². The van der Waals surface area contributed by atoms with Crippen LogP contribution in [0.15, 0.2) is 6.20 Å². The van der Waals surface area contributed by atoms with Crippen LogP contribution in [-0.2, 0) is 4.74 Å². The number of hydrogen-bond acceptors (Lipinski definition) is 3. The van der Waals surface area contributed by atoms with Crippen LogP contribution < -0.4 is 0 Å². The van der Waals surface area contributed by atoms with Crippen LogP contribution in [0.5, 0.6) is 0 Å². The lowest BCUT2D eigenvalue weighted by Gasteiger charge is -2.12. The quantitative estimate of drug-likeness (QED) is 0.700. The zero-order valence-corrected chi connectivity index (χ0v) is 9.92. The molecule has 0 saturated heterocycles. The number of esters is 1. The van der Waals surface area contributed by atoms with E-state index in [2.05, 4.69) is 4.98 Å². The Morgan fingerprint density at radius 1 is 1.33 bits per heavy atom. The topological polar surface area (TPSA) is 39.2 Å². The molecule has 3 heteroatoms. The zero-order chi connectivity index (χ0) is 11.6. The highest BCUT2D eigenvalue weighted by Crippen LogP contribution is 2.16. The molecule has 3 nitrogen and oxygen atoms in total. The highest BCUT2D eigenvalue weighted by atomic mass is 16.5. The molecule has 0 bridgehead atoms. The summed E-state index contributed by atoms with van der Waals surface area (Å²) >= 11 is 0. The Hall–Kier alpha value is -1.38. The Kier molecular flexibility index (Phi) is 3.45. The normalized spacial score (nSPS) is 10.5. The van der Waals surface area contributed by atoms with Crippen molar-refractivity contribution < 1.29 is 9.53 Å². The van der Waals surface area contributed by atoms with Crippen molar-refractivity contribution in [3.05, 3.63) is 28.6 Å². The van der Waals surface area contributed by atoms with E-state index < -0.39 is 0 Å². The van der Waals surface area contributed by atoms with E-state index in [4.69, 9.17) is 4.74 Å². The zero-order valence-electron chi connectivity index (χ0n) is 9.92. The first-order chi connectivity index (χ1) is 6.93. The van der Waals surface area contributed by atoms with Crippen molar-refractivity contribution in [2.24, 2.45) is 0 Å². The van der Waals surface area contributed by atoms with Gasteiger partial charge in [0.1, 0.15) is 0 Å². The standard InChI is InChI=1S/C12H17NO2/c1-7(2)15-12(14)11-9(4)8(3)6-13-10(11)5/h6-7H,1-5H3. The van der Waals surface area contributed by atoms with Crippen LogP contribution >= 0.6 is 0 Å². The summed E-state index contributed by atoms with van der Waals surface area (Å²) in [6.07, 6.45) is 1.67. The van der Waals surface area contributed by atoms with Crippen LogP contribution in [0.2, 0.25) is 0 Å². The van der Waals surface area contributed by atoms with Gasteiger partial charge in [0.15, 0.2) is 0 Å². The van der Waals surface area contributed by atoms with E-state index in [1.165, 1.54) is 0 Å². The number of carbonyl (C=O) groups excluding carboxylic acids is 1. The number of carbonyl (C=O) groups is 1. The Labute approximate surface area is 90.5 Å². The molecular weight excluding hydrogens is 190 g/mol. The fraction of sp³-hybridized carbons (Fsp3) is 0.500. The second-order valence-electron chi connectivity index (χ2n) is 3.98. The van der Waals surface area contributed by atoms with Crippen LogP contribution in [0.4, 0.5) is 0 Å². The van der Waals surface area contributed by atoms with Gasteiger partial charge in [-0.1, -0.05) is 0 Å². The Morgan fingerprint density at radius 2 is 1.93 bits per heavy atom. The van der Waals surface area contributed by atoms with E-state index >= 15 is 0 Å². The molecule has 1 aromatic rings. The number of ether oxygens (including phenoxy) is 1. The molecule has 0 aliphatic heterocycles. The molecule has 1 rings (SSSR count). The van der Waals surface area contributed by atoms with E-state index in [9.17, 15) is 4.79 Å². The van der Waals surface area contributed by atoms with Crippen molar-refractivity contribution in [3.63, 3.8) is 0 Å². The van der Waals surface area contributed by atoms with E-state index in [0.717, 1.165) is 16.8 Å². The van der Waals surface area contributed by atoms with Crippen molar-refractivity contribution in [2.45, 2.75) is 40.7 Å². The van der Waals surface area contributed by atoms with E-state index in [0.29, 0.717) is 5.56 Å². The van der Waals surface area contributed by atoms with E-state index in [1.54, 1.807) is 6.20 Å². The lowest BCUT2D eigenvalue weighted by molar-refractivity contribution is 0.0375. The lowest BCUT2D eigenvalue weighted by atomic mass is 10.0. The minimum Gasteiger partial charge on any atom is -0.459 e. The fourth-order valence-electron chi connectivity index (χ4n) is 1.40. The van der Waals surface area contributed by atoms with Crippen molar-refractivity contribution >= 4 is 5.97 Å². The van der Waals surface area contributed by atoms with Gasteiger partial charge in [0.2, 0.25) is 0 Å². The SMILES string of the molecule is Cc1cnc(C)c(C(=O)OC(C)C)c1C. The minimum absolute atomic E-state index is 0.100. The van der Waals surface area contributed by atoms with Crippen LogP contribution in [-0.4, -0.2) is 17.1 Å². The van der Waals surface area contributed by atoms with E-state index in [1.807, 2.05) is 34.6 Å². The lowest BCUT2D eigenvalue weighted by Crippen LogP contribution is -2.15. The molecule has 0 aliphatic carbocycles. The summed E-state index contributed by atoms with van der Waals surface area (Å²) in [6, 6.07) is 0. The maximum absolute atomic E-state index is 11.8. The van der Waals surface area contributed by atoms with Crippen molar-refractivity contribution in [3.8, 4) is 0 Å². The predicted octanol–water partition coefficient (Wildman–Crippen LogP) is 2.57. The van der Waals surface area contributed by atoms with Gasteiger partial charge in [-0.2, -0.15) is 0 Å². The van der Waals surface area contributed by atoms with Gasteiger partial charge >= 0.3 is 5.97 Å². The molecule has 1 aromatic heterocycles. The Balaban J connectivity index is 3.13. The van der Waals surface area contributed by atoms with Gasteiger partial charge in [0, 0.05) is 6.20 Å². The van der Waals surface area contributed by atoms with Crippen LogP contribution in [0, 0.1) is 20.8 Å². The maximum Gasteiger partial charge on any atom is 0.340 e. The second-order valence-corrected chi connectivity index (χ2v) is 3.98. The number of nitrogens with zero attached hydrogens (tertiary/aromatic N) is 1. The molecule has 1 heterocycles. The summed E-state index contributed by atoms with van der Waals surface area (Å²) < 4.78 is 5.17. The minimum atomic E-state index is -0.281. The first-order valence-corrected chi connectivity index (χ1v) is 5.07. The third-order valence-electron chi connectivity index (χ3n) is 2.33. The summed E-state index contributed by atoms with van der Waals surface area (Å²) in [5.74, 6) is -0.281. The number of hydrogen-bond donors (Lipinski definition) is 0. The Morgan fingerprint density at radius 3 is 2.47 bits per heavy atom. The number of aryl methyl sites for hydroxylation is 2. The molecule has 0 saturated carbocycles. The summed E-state index contributed by atoms with van der Waals surface area (Å²) in [7, 11) is 0. The van der Waals surface area contributed by atoms with Crippen molar-refractivity contribution in [1.29, 1.82) is 0 Å².